The molecule has 21 heavy (non-hydrogen) atoms. The zero-order chi connectivity index (χ0) is 15.0. The van der Waals surface area contributed by atoms with Crippen molar-refractivity contribution in [2.75, 3.05) is 11.1 Å². The molecule has 0 fully saturated rings. The first-order chi connectivity index (χ1) is 10.1. The van der Waals surface area contributed by atoms with Gasteiger partial charge >= 0.3 is 0 Å². The minimum absolute atomic E-state index is 0.106. The summed E-state index contributed by atoms with van der Waals surface area (Å²) in [6.07, 6.45) is 0. The van der Waals surface area contributed by atoms with E-state index in [1.807, 2.05) is 6.07 Å². The molecule has 4 N–H and O–H groups in total. The molecule has 106 valence electrons. The largest absolute Gasteiger partial charge is 0.397 e. The molecule has 0 aliphatic heterocycles. The Kier molecular flexibility index (Phi) is 3.39. The number of nitrogens with two attached hydrogens (primary N) is 1. The van der Waals surface area contributed by atoms with Gasteiger partial charge in [0.15, 0.2) is 0 Å². The lowest BCUT2D eigenvalue weighted by Gasteiger charge is -2.07. The number of amides is 1. The number of para-hydroxylation sites is 2. The maximum atomic E-state index is 13.7. The number of hydrogen-bond donors (Lipinski definition) is 3. The number of hydrogen-bond acceptors (Lipinski definition) is 2. The summed E-state index contributed by atoms with van der Waals surface area (Å²) in [4.78, 5) is 15.2. The van der Waals surface area contributed by atoms with E-state index < -0.39 is 11.7 Å². The second kappa shape index (κ2) is 5.21. The molecule has 0 spiro atoms. The van der Waals surface area contributed by atoms with Crippen molar-refractivity contribution in [1.29, 1.82) is 0 Å². The van der Waals surface area contributed by atoms with Crippen LogP contribution in [0.4, 0.5) is 15.8 Å². The van der Waals surface area contributed by atoms with Crippen LogP contribution in [0.2, 0.25) is 0 Å². The molecule has 0 aliphatic carbocycles. The third-order valence-electron chi connectivity index (χ3n) is 3.13. The summed E-state index contributed by atoms with van der Waals surface area (Å²) in [6.45, 7) is 0. The quantitative estimate of drug-likeness (QED) is 0.615. The van der Waals surface area contributed by atoms with Crippen molar-refractivity contribution in [3.63, 3.8) is 0 Å². The fraction of sp³-hybridized carbons (Fsp3) is 0. The lowest BCUT2D eigenvalue weighted by molar-refractivity contribution is 0.102. The third-order valence-corrected chi connectivity index (χ3v) is 3.80. The van der Waals surface area contributed by atoms with Crippen molar-refractivity contribution >= 4 is 44.1 Å². The Balaban J connectivity index is 1.96. The highest BCUT2D eigenvalue weighted by Gasteiger charge is 2.14. The van der Waals surface area contributed by atoms with Crippen molar-refractivity contribution < 1.29 is 9.18 Å². The maximum Gasteiger partial charge on any atom is 0.272 e. The Morgan fingerprint density at radius 2 is 2.00 bits per heavy atom. The summed E-state index contributed by atoms with van der Waals surface area (Å²) in [7, 11) is 0. The Morgan fingerprint density at radius 3 is 2.71 bits per heavy atom. The molecular weight excluding hydrogens is 337 g/mol. The van der Waals surface area contributed by atoms with Gasteiger partial charge in [0.25, 0.3) is 5.91 Å². The molecule has 0 saturated heterocycles. The Labute approximate surface area is 128 Å². The van der Waals surface area contributed by atoms with Crippen LogP contribution in [0.5, 0.6) is 0 Å². The van der Waals surface area contributed by atoms with Crippen LogP contribution in [0.25, 0.3) is 10.9 Å². The van der Waals surface area contributed by atoms with E-state index in [0.717, 1.165) is 5.39 Å². The van der Waals surface area contributed by atoms with Gasteiger partial charge in [-0.3, -0.25) is 4.79 Å². The van der Waals surface area contributed by atoms with Crippen LogP contribution in [0, 0.1) is 5.82 Å². The minimum atomic E-state index is -0.506. The van der Waals surface area contributed by atoms with Gasteiger partial charge in [0.1, 0.15) is 11.5 Å². The fourth-order valence-electron chi connectivity index (χ4n) is 2.10. The molecule has 3 rings (SSSR count). The summed E-state index contributed by atoms with van der Waals surface area (Å²) in [6, 6.07) is 11.6. The van der Waals surface area contributed by atoms with Gasteiger partial charge in [-0.15, -0.1) is 0 Å². The van der Waals surface area contributed by atoms with Gasteiger partial charge in [-0.25, -0.2) is 4.39 Å². The molecule has 1 aromatic heterocycles. The smallest absolute Gasteiger partial charge is 0.272 e. The van der Waals surface area contributed by atoms with Crippen LogP contribution >= 0.6 is 15.9 Å². The number of carbonyl (C=O) groups excluding carboxylic acids is 1. The van der Waals surface area contributed by atoms with Gasteiger partial charge in [-0.2, -0.15) is 0 Å². The second-order valence-corrected chi connectivity index (χ2v) is 5.40. The monoisotopic (exact) mass is 347 g/mol. The van der Waals surface area contributed by atoms with Gasteiger partial charge in [0.05, 0.1) is 16.9 Å². The van der Waals surface area contributed by atoms with Crippen LogP contribution in [0.15, 0.2) is 46.9 Å². The molecule has 3 aromatic rings. The zero-order valence-corrected chi connectivity index (χ0v) is 12.4. The number of halogens is 2. The first-order valence-electron chi connectivity index (χ1n) is 6.19. The van der Waals surface area contributed by atoms with Crippen LogP contribution in [-0.2, 0) is 0 Å². The molecule has 0 saturated carbocycles. The Hall–Kier alpha value is -2.34. The molecular formula is C15H11BrFN3O. The molecule has 0 atom stereocenters. The van der Waals surface area contributed by atoms with Crippen molar-refractivity contribution in [2.24, 2.45) is 0 Å². The number of rotatable bonds is 2. The molecule has 2 aromatic carbocycles. The van der Waals surface area contributed by atoms with E-state index in [-0.39, 0.29) is 5.69 Å². The van der Waals surface area contributed by atoms with Crippen molar-refractivity contribution in [2.45, 2.75) is 0 Å². The van der Waals surface area contributed by atoms with E-state index in [1.165, 1.54) is 6.07 Å². The topological polar surface area (TPSA) is 70.9 Å². The van der Waals surface area contributed by atoms with Crippen LogP contribution in [0.3, 0.4) is 0 Å². The summed E-state index contributed by atoms with van der Waals surface area (Å²) < 4.78 is 14.2. The number of fused-ring (bicyclic) bond motifs is 1. The number of anilines is 2. The molecule has 0 unspecified atom stereocenters. The number of carbonyl (C=O) groups is 1. The summed E-state index contributed by atoms with van der Waals surface area (Å²) >= 11 is 3.21. The van der Waals surface area contributed by atoms with E-state index in [0.29, 0.717) is 21.4 Å². The fourth-order valence-corrected chi connectivity index (χ4v) is 2.54. The van der Waals surface area contributed by atoms with E-state index in [9.17, 15) is 9.18 Å². The van der Waals surface area contributed by atoms with Crippen molar-refractivity contribution in [1.82, 2.24) is 4.98 Å². The van der Waals surface area contributed by atoms with Gasteiger partial charge in [0.2, 0.25) is 0 Å². The second-order valence-electron chi connectivity index (χ2n) is 4.55. The van der Waals surface area contributed by atoms with Gasteiger partial charge in [-0.1, -0.05) is 18.2 Å². The molecule has 0 aliphatic rings. The molecule has 0 radical (unpaired) electrons. The van der Waals surface area contributed by atoms with Crippen LogP contribution in [0.1, 0.15) is 10.5 Å². The number of H-pyrrole nitrogens is 1. The summed E-state index contributed by atoms with van der Waals surface area (Å²) in [5.74, 6) is -0.940. The summed E-state index contributed by atoms with van der Waals surface area (Å²) in [5, 5.41) is 3.37. The zero-order valence-electron chi connectivity index (χ0n) is 10.8. The highest BCUT2D eigenvalue weighted by atomic mass is 79.9. The maximum absolute atomic E-state index is 13.7. The van der Waals surface area contributed by atoms with Crippen molar-refractivity contribution in [3.05, 3.63) is 58.4 Å². The van der Waals surface area contributed by atoms with Gasteiger partial charge in [-0.05, 0) is 40.2 Å². The van der Waals surface area contributed by atoms with Crippen LogP contribution < -0.4 is 11.1 Å². The SMILES string of the molecule is Nc1cccc2cc(C(=O)Nc3c(F)cccc3Br)[nH]c12. The number of nitrogens with one attached hydrogen (secondary N) is 2. The van der Waals surface area contributed by atoms with Crippen molar-refractivity contribution in [3.8, 4) is 0 Å². The molecule has 1 amide bonds. The molecule has 4 nitrogen and oxygen atoms in total. The number of aromatic nitrogens is 1. The van der Waals surface area contributed by atoms with E-state index in [2.05, 4.69) is 26.2 Å². The highest BCUT2D eigenvalue weighted by Crippen LogP contribution is 2.26. The standard InChI is InChI=1S/C15H11BrFN3O/c16-9-4-2-5-10(17)14(9)20-15(21)12-7-8-3-1-6-11(18)13(8)19-12/h1-7,19H,18H2,(H,20,21). The van der Waals surface area contributed by atoms with E-state index >= 15 is 0 Å². The lowest BCUT2D eigenvalue weighted by atomic mass is 10.2. The van der Waals surface area contributed by atoms with Gasteiger partial charge < -0.3 is 16.0 Å². The summed E-state index contributed by atoms with van der Waals surface area (Å²) in [5.41, 5.74) is 7.51. The van der Waals surface area contributed by atoms with E-state index in [4.69, 9.17) is 5.73 Å². The predicted octanol–water partition coefficient (Wildman–Crippen LogP) is 3.90. The Bertz CT molecular complexity index is 824. The number of benzene rings is 2. The highest BCUT2D eigenvalue weighted by molar-refractivity contribution is 9.10. The minimum Gasteiger partial charge on any atom is -0.397 e. The first kappa shape index (κ1) is 13.6. The average molecular weight is 348 g/mol. The van der Waals surface area contributed by atoms with E-state index in [1.54, 1.807) is 30.3 Å². The van der Waals surface area contributed by atoms with Gasteiger partial charge in [0, 0.05) is 9.86 Å². The number of nitrogen functional groups attached to an aromatic ring is 1. The molecule has 0 bridgehead atoms. The molecule has 6 heteroatoms. The average Bonchev–Trinajstić information content (AvgIpc) is 2.88. The Morgan fingerprint density at radius 1 is 1.24 bits per heavy atom. The lowest BCUT2D eigenvalue weighted by Crippen LogP contribution is -2.13. The normalized spacial score (nSPS) is 10.8. The van der Waals surface area contributed by atoms with Crippen LogP contribution in [-0.4, -0.2) is 10.9 Å². The third kappa shape index (κ3) is 2.50. The first-order valence-corrected chi connectivity index (χ1v) is 6.98. The number of aromatic amines is 1. The molecule has 1 heterocycles. The predicted molar refractivity (Wildman–Crippen MR) is 84.8 cm³/mol.